The van der Waals surface area contributed by atoms with Crippen LogP contribution >= 0.6 is 18.1 Å². The first-order chi connectivity index (χ1) is 25.2. The number of aryl methyl sites for hydroxylation is 1. The summed E-state index contributed by atoms with van der Waals surface area (Å²) >= 11 is 6.73. The van der Waals surface area contributed by atoms with Crippen molar-refractivity contribution in [1.82, 2.24) is 19.1 Å². The van der Waals surface area contributed by atoms with Crippen molar-refractivity contribution >= 4 is 18.1 Å². The summed E-state index contributed by atoms with van der Waals surface area (Å²) in [5.41, 5.74) is 0.686. The van der Waals surface area contributed by atoms with Crippen LogP contribution in [0.25, 0.3) is 0 Å². The number of hydrogen-bond donors (Lipinski definition) is 1. The number of nitrogens with zero attached hydrogens (tertiary/aromatic N) is 3. The number of hydrogen-bond acceptors (Lipinski definition) is 11. The van der Waals surface area contributed by atoms with Gasteiger partial charge in [-0.1, -0.05) is 60.7 Å². The van der Waals surface area contributed by atoms with E-state index in [4.69, 9.17) is 44.2 Å². The monoisotopic (exact) mass is 764 g/mol. The molecule has 2 aromatic carbocycles. The molecule has 0 bridgehead atoms. The first-order valence-corrected chi connectivity index (χ1v) is 20.1. The second-order valence-electron chi connectivity index (χ2n) is 12.7. The molecule has 2 aliphatic rings. The van der Waals surface area contributed by atoms with E-state index < -0.39 is 36.0 Å². The van der Waals surface area contributed by atoms with Gasteiger partial charge < -0.3 is 32.9 Å². The van der Waals surface area contributed by atoms with Crippen molar-refractivity contribution in [2.45, 2.75) is 31.7 Å². The van der Waals surface area contributed by atoms with Gasteiger partial charge in [0.1, 0.15) is 0 Å². The maximum atomic E-state index is 14.1. The molecule has 1 N–H and O–H groups in total. The molecule has 1 aromatic heterocycles. The second-order valence-corrected chi connectivity index (χ2v) is 15.7. The normalized spacial score (nSPS) is 22.9. The number of rotatable bonds is 8. The summed E-state index contributed by atoms with van der Waals surface area (Å²) < 4.78 is 57.6. The molecule has 2 fully saturated rings. The topological polar surface area (TPSA) is 143 Å². The highest BCUT2D eigenvalue weighted by Gasteiger charge is 2.43. The Labute approximate surface area is 309 Å². The summed E-state index contributed by atoms with van der Waals surface area (Å²) in [5.74, 6) is 0. The third kappa shape index (κ3) is 11.2. The summed E-state index contributed by atoms with van der Waals surface area (Å²) in [6.45, 7) is 4.51. The van der Waals surface area contributed by atoms with Crippen molar-refractivity contribution in [3.8, 4) is 0 Å². The minimum atomic E-state index is -3.93. The van der Waals surface area contributed by atoms with Gasteiger partial charge in [0.05, 0.1) is 84.3 Å². The first kappa shape index (κ1) is 40.5. The lowest BCUT2D eigenvalue weighted by Gasteiger charge is -2.48. The van der Waals surface area contributed by atoms with Crippen molar-refractivity contribution in [3.05, 3.63) is 104 Å². The van der Waals surface area contributed by atoms with Crippen LogP contribution in [0.4, 0.5) is 0 Å². The molecule has 3 heterocycles. The molecule has 3 atom stereocenters. The Morgan fingerprint density at radius 3 is 1.77 bits per heavy atom. The summed E-state index contributed by atoms with van der Waals surface area (Å²) in [4.78, 5) is 30.0. The fourth-order valence-electron chi connectivity index (χ4n) is 6.21. The van der Waals surface area contributed by atoms with Crippen molar-refractivity contribution < 1.29 is 37.5 Å². The minimum Gasteiger partial charge on any atom is -0.378 e. The van der Waals surface area contributed by atoms with E-state index in [9.17, 15) is 14.2 Å². The second kappa shape index (κ2) is 20.1. The fourth-order valence-corrected chi connectivity index (χ4v) is 7.99. The summed E-state index contributed by atoms with van der Waals surface area (Å²) in [6.07, 6.45) is 0.00343. The van der Waals surface area contributed by atoms with Crippen LogP contribution in [0.1, 0.15) is 29.8 Å². The average molecular weight is 765 g/mol. The molecule has 0 radical (unpaired) electrons. The largest absolute Gasteiger partial charge is 0.378 e. The number of halogens is 1. The van der Waals surface area contributed by atoms with Gasteiger partial charge in [0.15, 0.2) is 6.23 Å². The smallest absolute Gasteiger partial charge is 0.363 e. The molecule has 2 saturated heterocycles. The van der Waals surface area contributed by atoms with Gasteiger partial charge >= 0.3 is 12.6 Å². The lowest BCUT2D eigenvalue weighted by atomic mass is 9.82. The van der Waals surface area contributed by atoms with E-state index in [1.54, 1.807) is 6.92 Å². The molecule has 52 heavy (non-hydrogen) atoms. The van der Waals surface area contributed by atoms with Gasteiger partial charge in [-0.05, 0) is 36.2 Å². The van der Waals surface area contributed by atoms with Crippen molar-refractivity contribution in [1.29, 1.82) is 0 Å². The van der Waals surface area contributed by atoms with Crippen molar-refractivity contribution in [3.63, 3.8) is 0 Å². The zero-order valence-electron chi connectivity index (χ0n) is 29.9. The molecule has 2 aliphatic heterocycles. The Morgan fingerprint density at radius 1 is 0.788 bits per heavy atom. The van der Waals surface area contributed by atoms with Crippen LogP contribution < -0.4 is 11.2 Å². The molecule has 0 aliphatic carbocycles. The van der Waals surface area contributed by atoms with Crippen LogP contribution in [0.15, 0.2) is 76.4 Å². The molecule has 14 nitrogen and oxygen atoms in total. The van der Waals surface area contributed by atoms with Crippen LogP contribution in [-0.2, 0) is 43.0 Å². The SMILES string of the molecule is Cc1cn(C2CN(C(C)(c3ccccc3)c3ccccc3)CC(COP(=O)(Cl)N3CCOCCOCCOCCOCCOCC3)O2)c(=O)[nH]c1=O. The van der Waals surface area contributed by atoms with Crippen LogP contribution in [0, 0.1) is 6.92 Å². The minimum absolute atomic E-state index is 0.146. The highest BCUT2D eigenvalue weighted by molar-refractivity contribution is 7.83. The number of aromatic amines is 1. The predicted octanol–water partition coefficient (Wildman–Crippen LogP) is 3.77. The number of H-pyrrole nitrogens is 1. The van der Waals surface area contributed by atoms with E-state index in [0.717, 1.165) is 11.1 Å². The number of aromatic nitrogens is 2. The van der Waals surface area contributed by atoms with Crippen LogP contribution in [0.3, 0.4) is 0 Å². The maximum Gasteiger partial charge on any atom is 0.363 e. The molecule has 16 heteroatoms. The Morgan fingerprint density at radius 2 is 1.27 bits per heavy atom. The zero-order valence-corrected chi connectivity index (χ0v) is 31.5. The van der Waals surface area contributed by atoms with Crippen molar-refractivity contribution in [2.24, 2.45) is 0 Å². The molecule has 5 rings (SSSR count). The van der Waals surface area contributed by atoms with E-state index in [0.29, 0.717) is 71.5 Å². The number of morpholine rings is 1. The van der Waals surface area contributed by atoms with Crippen molar-refractivity contribution in [2.75, 3.05) is 98.9 Å². The maximum absolute atomic E-state index is 14.1. The third-order valence-corrected chi connectivity index (χ3v) is 11.6. The van der Waals surface area contributed by atoms with Gasteiger partial charge in [-0.15, -0.1) is 0 Å². The van der Waals surface area contributed by atoms with Gasteiger partial charge in [-0.25, -0.2) is 9.46 Å². The van der Waals surface area contributed by atoms with E-state index in [2.05, 4.69) is 41.1 Å². The Kier molecular flexibility index (Phi) is 15.6. The van der Waals surface area contributed by atoms with Gasteiger partial charge in [0.2, 0.25) is 0 Å². The van der Waals surface area contributed by atoms with Gasteiger partial charge in [0, 0.05) is 37.9 Å². The lowest BCUT2D eigenvalue weighted by molar-refractivity contribution is -0.151. The number of nitrogens with one attached hydrogen (secondary N) is 1. The van der Waals surface area contributed by atoms with E-state index in [-0.39, 0.29) is 32.9 Å². The Bertz CT molecular complexity index is 1620. The third-order valence-electron chi connectivity index (χ3n) is 9.14. The highest BCUT2D eigenvalue weighted by Crippen LogP contribution is 2.56. The molecule has 286 valence electrons. The summed E-state index contributed by atoms with van der Waals surface area (Å²) in [7, 11) is 0. The van der Waals surface area contributed by atoms with E-state index in [1.165, 1.54) is 15.4 Å². The average Bonchev–Trinajstić information content (AvgIpc) is 3.15. The summed E-state index contributed by atoms with van der Waals surface area (Å²) in [5, 5.41) is 0. The fraction of sp³-hybridized carbons (Fsp3) is 0.556. The van der Waals surface area contributed by atoms with Crippen LogP contribution in [0.5, 0.6) is 0 Å². The summed E-state index contributed by atoms with van der Waals surface area (Å²) in [6, 6.07) is 20.2. The van der Waals surface area contributed by atoms with Crippen LogP contribution in [0.2, 0.25) is 0 Å². The Hall–Kier alpha value is -2.72. The molecule has 0 saturated carbocycles. The molecule has 3 aromatic rings. The Balaban J connectivity index is 1.36. The molecule has 0 spiro atoms. The number of ether oxygens (including phenoxy) is 6. The quantitative estimate of drug-likeness (QED) is 0.334. The predicted molar refractivity (Wildman–Crippen MR) is 196 cm³/mol. The molecular formula is C36H50ClN4O10P. The lowest BCUT2D eigenvalue weighted by Crippen LogP contribution is -2.56. The van der Waals surface area contributed by atoms with Gasteiger partial charge in [-0.2, -0.15) is 0 Å². The standard InChI is InChI=1S/C36H50ClN4O10P/c1-29-25-41(35(43)38-34(29)42)33-27-39(36(2,30-9-5-3-6-10-30)31-11-7-4-8-12-31)26-32(51-33)28-50-52(37,44)40-13-15-45-17-19-47-21-23-49-24-22-48-20-18-46-16-14-40/h3-12,25,32-33H,13-24,26-28H2,1-2H3,(H,38,42,43). The van der Waals surface area contributed by atoms with Gasteiger partial charge in [0.25, 0.3) is 5.56 Å². The number of benzene rings is 2. The van der Waals surface area contributed by atoms with Crippen LogP contribution in [-0.4, -0.2) is 124 Å². The highest BCUT2D eigenvalue weighted by atomic mass is 35.7. The van der Waals surface area contributed by atoms with E-state index in [1.807, 2.05) is 36.4 Å². The zero-order chi connectivity index (χ0) is 36.8. The first-order valence-electron chi connectivity index (χ1n) is 17.6. The molecule has 3 unspecified atom stereocenters. The van der Waals surface area contributed by atoms with Gasteiger partial charge in [-0.3, -0.25) is 23.8 Å². The van der Waals surface area contributed by atoms with E-state index >= 15 is 0 Å². The molecule has 0 amide bonds. The molecular weight excluding hydrogens is 715 g/mol.